The van der Waals surface area contributed by atoms with E-state index in [1.807, 2.05) is 31.5 Å². The van der Waals surface area contributed by atoms with E-state index >= 15 is 0 Å². The van der Waals surface area contributed by atoms with Crippen LogP contribution < -0.4 is 10.6 Å². The molecule has 6 nitrogen and oxygen atoms in total. The lowest BCUT2D eigenvalue weighted by Crippen LogP contribution is -2.45. The van der Waals surface area contributed by atoms with Gasteiger partial charge in [0.15, 0.2) is 5.82 Å². The summed E-state index contributed by atoms with van der Waals surface area (Å²) in [6.45, 7) is 3.94. The third-order valence-corrected chi connectivity index (χ3v) is 7.18. The number of halogens is 2. The largest absolute Gasteiger partial charge is 0.390 e. The van der Waals surface area contributed by atoms with Crippen LogP contribution in [-0.2, 0) is 13.0 Å². The summed E-state index contributed by atoms with van der Waals surface area (Å²) in [5, 5.41) is 11.0. The normalized spacial score (nSPS) is 15.7. The molecular formula is C24H27Cl2N5O. The minimum absolute atomic E-state index is 0.0496. The smallest absolute Gasteiger partial charge is 0.153 e. The molecule has 1 saturated heterocycles. The van der Waals surface area contributed by atoms with Crippen LogP contribution in [0.4, 0.5) is 5.82 Å². The van der Waals surface area contributed by atoms with Crippen molar-refractivity contribution in [1.82, 2.24) is 15.0 Å². The Kier molecular flexibility index (Phi) is 6.96. The molecule has 3 heterocycles. The molecule has 4 rings (SSSR count). The van der Waals surface area contributed by atoms with Gasteiger partial charge in [0.1, 0.15) is 5.69 Å². The second kappa shape index (κ2) is 9.71. The van der Waals surface area contributed by atoms with Gasteiger partial charge in [-0.2, -0.15) is 0 Å². The molecule has 168 valence electrons. The highest BCUT2D eigenvalue weighted by molar-refractivity contribution is 6.43. The Labute approximate surface area is 198 Å². The second-order valence-electron chi connectivity index (χ2n) is 8.41. The van der Waals surface area contributed by atoms with Crippen LogP contribution in [0.3, 0.4) is 0 Å². The molecule has 3 N–H and O–H groups in total. The van der Waals surface area contributed by atoms with E-state index in [-0.39, 0.29) is 12.0 Å². The van der Waals surface area contributed by atoms with Crippen molar-refractivity contribution >= 4 is 29.0 Å². The molecule has 0 unspecified atom stereocenters. The maximum Gasteiger partial charge on any atom is 0.153 e. The summed E-state index contributed by atoms with van der Waals surface area (Å²) in [4.78, 5) is 15.9. The lowest BCUT2D eigenvalue weighted by Gasteiger charge is -2.42. The molecule has 0 bridgehead atoms. The molecule has 0 atom stereocenters. The van der Waals surface area contributed by atoms with E-state index in [0.717, 1.165) is 43.9 Å². The number of pyridine rings is 1. The minimum atomic E-state index is -0.205. The molecule has 3 aromatic rings. The van der Waals surface area contributed by atoms with Gasteiger partial charge in [0.05, 0.1) is 28.0 Å². The average molecular weight is 472 g/mol. The molecule has 0 saturated carbocycles. The van der Waals surface area contributed by atoms with Crippen molar-refractivity contribution in [2.75, 3.05) is 24.5 Å². The van der Waals surface area contributed by atoms with Crippen LogP contribution in [0.1, 0.15) is 29.8 Å². The highest BCUT2D eigenvalue weighted by Gasteiger charge is 2.35. The molecule has 2 aromatic heterocycles. The summed E-state index contributed by atoms with van der Waals surface area (Å²) in [6.07, 6.45) is 6.48. The van der Waals surface area contributed by atoms with Gasteiger partial charge in [-0.15, -0.1) is 0 Å². The van der Waals surface area contributed by atoms with Crippen LogP contribution in [0, 0.1) is 12.3 Å². The topological polar surface area (TPSA) is 88.2 Å². The zero-order chi connectivity index (χ0) is 22.7. The molecular weight excluding hydrogens is 445 g/mol. The van der Waals surface area contributed by atoms with Crippen molar-refractivity contribution in [3.8, 4) is 11.3 Å². The number of aryl methyl sites for hydroxylation is 1. The minimum Gasteiger partial charge on any atom is -0.390 e. The molecule has 0 amide bonds. The summed E-state index contributed by atoms with van der Waals surface area (Å²) < 4.78 is 0. The molecule has 8 heteroatoms. The van der Waals surface area contributed by atoms with Crippen LogP contribution in [0.5, 0.6) is 0 Å². The van der Waals surface area contributed by atoms with E-state index in [4.69, 9.17) is 38.9 Å². The van der Waals surface area contributed by atoms with Crippen molar-refractivity contribution in [2.45, 2.75) is 32.8 Å². The number of benzene rings is 1. The van der Waals surface area contributed by atoms with E-state index in [9.17, 15) is 5.11 Å². The first-order valence-electron chi connectivity index (χ1n) is 10.7. The first-order valence-corrected chi connectivity index (χ1v) is 11.5. The van der Waals surface area contributed by atoms with Gasteiger partial charge >= 0.3 is 0 Å². The predicted molar refractivity (Wildman–Crippen MR) is 129 cm³/mol. The summed E-state index contributed by atoms with van der Waals surface area (Å²) >= 11 is 12.6. The first-order chi connectivity index (χ1) is 15.5. The Hall–Kier alpha value is -2.25. The molecule has 1 fully saturated rings. The van der Waals surface area contributed by atoms with E-state index in [1.165, 1.54) is 5.56 Å². The maximum atomic E-state index is 10.1. The quantitative estimate of drug-likeness (QED) is 0.552. The molecule has 0 aliphatic carbocycles. The van der Waals surface area contributed by atoms with Crippen molar-refractivity contribution < 1.29 is 5.11 Å². The van der Waals surface area contributed by atoms with Crippen molar-refractivity contribution in [3.63, 3.8) is 0 Å². The number of hydrogen-bond donors (Lipinski definition) is 2. The molecule has 32 heavy (non-hydrogen) atoms. The monoisotopic (exact) mass is 471 g/mol. The number of aromatic nitrogens is 3. The number of anilines is 1. The van der Waals surface area contributed by atoms with Crippen LogP contribution >= 0.6 is 23.2 Å². The van der Waals surface area contributed by atoms with Gasteiger partial charge in [-0.3, -0.25) is 4.98 Å². The zero-order valence-electron chi connectivity index (χ0n) is 18.1. The number of rotatable bonds is 6. The summed E-state index contributed by atoms with van der Waals surface area (Å²) in [5.41, 5.74) is 10.2. The zero-order valence-corrected chi connectivity index (χ0v) is 19.6. The van der Waals surface area contributed by atoms with E-state index in [0.29, 0.717) is 33.5 Å². The lowest BCUT2D eigenvalue weighted by atomic mass is 9.74. The Bertz CT molecular complexity index is 1090. The average Bonchev–Trinajstić information content (AvgIpc) is 2.82. The Balaban J connectivity index is 1.58. The van der Waals surface area contributed by atoms with Crippen LogP contribution in [-0.4, -0.2) is 39.7 Å². The Morgan fingerprint density at radius 1 is 1.09 bits per heavy atom. The lowest BCUT2D eigenvalue weighted by molar-refractivity contribution is 0.224. The Morgan fingerprint density at radius 3 is 2.47 bits per heavy atom. The van der Waals surface area contributed by atoms with Crippen molar-refractivity contribution in [1.29, 1.82) is 0 Å². The van der Waals surface area contributed by atoms with Gasteiger partial charge < -0.3 is 15.7 Å². The van der Waals surface area contributed by atoms with E-state index in [2.05, 4.69) is 22.0 Å². The maximum absolute atomic E-state index is 10.1. The van der Waals surface area contributed by atoms with Crippen LogP contribution in [0.2, 0.25) is 10.0 Å². The predicted octanol–water partition coefficient (Wildman–Crippen LogP) is 4.43. The first kappa shape index (κ1) is 22.9. The highest BCUT2D eigenvalue weighted by atomic mass is 35.5. The molecule has 1 aromatic carbocycles. The number of nitrogens with two attached hydrogens (primary N) is 1. The van der Waals surface area contributed by atoms with Crippen molar-refractivity contribution in [3.05, 3.63) is 69.7 Å². The third kappa shape index (κ3) is 4.59. The van der Waals surface area contributed by atoms with Crippen LogP contribution in [0.15, 0.2) is 42.7 Å². The SMILES string of the molecule is Cc1nc(N2CCC(CN)(Cc3ccncc3)CC2)c(CO)nc1-c1cccc(Cl)c1Cl. The fourth-order valence-electron chi connectivity index (χ4n) is 4.42. The second-order valence-corrected chi connectivity index (χ2v) is 9.20. The number of aliphatic hydroxyl groups excluding tert-OH is 1. The van der Waals surface area contributed by atoms with Gasteiger partial charge in [0, 0.05) is 31.0 Å². The Morgan fingerprint density at radius 2 is 1.81 bits per heavy atom. The summed E-state index contributed by atoms with van der Waals surface area (Å²) in [6, 6.07) is 9.55. The van der Waals surface area contributed by atoms with Gasteiger partial charge in [-0.05, 0) is 61.9 Å². The van der Waals surface area contributed by atoms with Gasteiger partial charge in [0.2, 0.25) is 0 Å². The third-order valence-electron chi connectivity index (χ3n) is 6.36. The molecule has 1 aliphatic heterocycles. The molecule has 1 aliphatic rings. The van der Waals surface area contributed by atoms with Gasteiger partial charge in [-0.25, -0.2) is 9.97 Å². The fourth-order valence-corrected chi connectivity index (χ4v) is 4.81. The van der Waals surface area contributed by atoms with E-state index < -0.39 is 0 Å². The van der Waals surface area contributed by atoms with Gasteiger partial charge in [-0.1, -0.05) is 35.3 Å². The number of aliphatic hydroxyl groups is 1. The highest BCUT2D eigenvalue weighted by Crippen LogP contribution is 2.38. The van der Waals surface area contributed by atoms with Crippen molar-refractivity contribution in [2.24, 2.45) is 11.1 Å². The standard InChI is InChI=1S/C24H27Cl2N5O/c1-16-22(18-3-2-4-19(25)21(18)26)30-20(14-32)23(29-16)31-11-7-24(15-27,8-12-31)13-17-5-9-28-10-6-17/h2-6,9-10,32H,7-8,11-15,27H2,1H3. The number of nitrogens with zero attached hydrogens (tertiary/aromatic N) is 4. The summed E-state index contributed by atoms with van der Waals surface area (Å²) in [5.74, 6) is 0.724. The molecule has 0 radical (unpaired) electrons. The molecule has 0 spiro atoms. The van der Waals surface area contributed by atoms with Crippen LogP contribution in [0.25, 0.3) is 11.3 Å². The van der Waals surface area contributed by atoms with E-state index in [1.54, 1.807) is 6.07 Å². The van der Waals surface area contributed by atoms with Gasteiger partial charge in [0.25, 0.3) is 0 Å². The number of piperidine rings is 1. The summed E-state index contributed by atoms with van der Waals surface area (Å²) in [7, 11) is 0. The number of hydrogen-bond acceptors (Lipinski definition) is 6. The fraction of sp³-hybridized carbons (Fsp3) is 0.375.